The molecule has 0 amide bonds. The predicted octanol–water partition coefficient (Wildman–Crippen LogP) is 3.06. The molecular formula is C15H8F2O2. The lowest BCUT2D eigenvalue weighted by Crippen LogP contribution is -1.95. The van der Waals surface area contributed by atoms with Crippen LogP contribution in [0.25, 0.3) is 0 Å². The third-order valence-corrected chi connectivity index (χ3v) is 2.43. The molecular weight excluding hydrogens is 250 g/mol. The van der Waals surface area contributed by atoms with Crippen molar-refractivity contribution in [1.29, 1.82) is 0 Å². The van der Waals surface area contributed by atoms with Crippen molar-refractivity contribution in [3.05, 3.63) is 70.8 Å². The van der Waals surface area contributed by atoms with E-state index < -0.39 is 17.6 Å². The molecule has 4 heteroatoms. The second kappa shape index (κ2) is 5.32. The van der Waals surface area contributed by atoms with Gasteiger partial charge in [-0.3, -0.25) is 0 Å². The van der Waals surface area contributed by atoms with E-state index in [1.165, 1.54) is 30.3 Å². The van der Waals surface area contributed by atoms with Gasteiger partial charge in [-0.25, -0.2) is 13.6 Å². The normalized spacial score (nSPS) is 9.58. The first-order chi connectivity index (χ1) is 9.08. The Morgan fingerprint density at radius 2 is 1.53 bits per heavy atom. The van der Waals surface area contributed by atoms with Gasteiger partial charge >= 0.3 is 5.97 Å². The number of rotatable bonds is 1. The van der Waals surface area contributed by atoms with Crippen LogP contribution in [-0.2, 0) is 0 Å². The van der Waals surface area contributed by atoms with Crippen molar-refractivity contribution in [3.63, 3.8) is 0 Å². The average molecular weight is 258 g/mol. The lowest BCUT2D eigenvalue weighted by molar-refractivity contribution is 0.0697. The highest BCUT2D eigenvalue weighted by Crippen LogP contribution is 2.11. The molecule has 0 aliphatic heterocycles. The standard InChI is InChI=1S/C15H8F2O2/c16-13-2-1-3-14(17)12(13)9-6-10-4-7-11(8-5-10)15(18)19/h1-5,7-8H,(H,18,19). The molecule has 2 nitrogen and oxygen atoms in total. The molecule has 0 unspecified atom stereocenters. The van der Waals surface area contributed by atoms with E-state index in [1.807, 2.05) is 0 Å². The minimum atomic E-state index is -1.04. The molecule has 0 fully saturated rings. The van der Waals surface area contributed by atoms with Crippen molar-refractivity contribution in [2.75, 3.05) is 0 Å². The summed E-state index contributed by atoms with van der Waals surface area (Å²) in [5.74, 6) is 2.49. The van der Waals surface area contributed by atoms with Crippen LogP contribution in [0.15, 0.2) is 42.5 Å². The van der Waals surface area contributed by atoms with Gasteiger partial charge in [-0.2, -0.15) is 0 Å². The van der Waals surface area contributed by atoms with E-state index in [0.717, 1.165) is 12.1 Å². The summed E-state index contributed by atoms with van der Waals surface area (Å²) in [5.41, 5.74) is 0.306. The summed E-state index contributed by atoms with van der Waals surface area (Å²) >= 11 is 0. The maximum atomic E-state index is 13.3. The zero-order chi connectivity index (χ0) is 13.8. The van der Waals surface area contributed by atoms with E-state index in [4.69, 9.17) is 5.11 Å². The fourth-order valence-electron chi connectivity index (χ4n) is 1.45. The second-order valence-corrected chi connectivity index (χ2v) is 3.73. The molecule has 0 saturated carbocycles. The summed E-state index contributed by atoms with van der Waals surface area (Å²) in [6.45, 7) is 0. The molecule has 0 spiro atoms. The third-order valence-electron chi connectivity index (χ3n) is 2.43. The molecule has 2 aromatic carbocycles. The number of halogens is 2. The molecule has 0 atom stereocenters. The SMILES string of the molecule is O=C(O)c1ccc(C#Cc2c(F)cccc2F)cc1. The van der Waals surface area contributed by atoms with E-state index in [9.17, 15) is 13.6 Å². The fraction of sp³-hybridized carbons (Fsp3) is 0. The Balaban J connectivity index is 2.32. The highest BCUT2D eigenvalue weighted by atomic mass is 19.1. The molecule has 0 aliphatic carbocycles. The molecule has 0 radical (unpaired) electrons. The van der Waals surface area contributed by atoms with Gasteiger partial charge in [0.15, 0.2) is 0 Å². The average Bonchev–Trinajstić information content (AvgIpc) is 2.38. The van der Waals surface area contributed by atoms with Gasteiger partial charge < -0.3 is 5.11 Å². The number of hydrogen-bond donors (Lipinski definition) is 1. The van der Waals surface area contributed by atoms with Crippen LogP contribution in [0.5, 0.6) is 0 Å². The van der Waals surface area contributed by atoms with Gasteiger partial charge in [-0.15, -0.1) is 0 Å². The largest absolute Gasteiger partial charge is 0.478 e. The quantitative estimate of drug-likeness (QED) is 0.798. The maximum absolute atomic E-state index is 13.3. The summed E-state index contributed by atoms with van der Waals surface area (Å²) in [6.07, 6.45) is 0. The van der Waals surface area contributed by atoms with Crippen molar-refractivity contribution < 1.29 is 18.7 Å². The van der Waals surface area contributed by atoms with Gasteiger partial charge in [0, 0.05) is 5.56 Å². The van der Waals surface area contributed by atoms with Gasteiger partial charge in [-0.1, -0.05) is 17.9 Å². The molecule has 0 heterocycles. The Kier molecular flexibility index (Phi) is 3.58. The third kappa shape index (κ3) is 2.96. The van der Waals surface area contributed by atoms with Gasteiger partial charge in [0.05, 0.1) is 11.1 Å². The van der Waals surface area contributed by atoms with Crippen LogP contribution in [0.4, 0.5) is 8.78 Å². The first-order valence-corrected chi connectivity index (χ1v) is 5.37. The highest BCUT2D eigenvalue weighted by Gasteiger charge is 2.04. The molecule has 1 N–H and O–H groups in total. The molecule has 0 bridgehead atoms. The first-order valence-electron chi connectivity index (χ1n) is 5.37. The number of carbonyl (C=O) groups is 1. The lowest BCUT2D eigenvalue weighted by atomic mass is 10.1. The lowest BCUT2D eigenvalue weighted by Gasteiger charge is -1.96. The molecule has 0 aliphatic rings. The van der Waals surface area contributed by atoms with Gasteiger partial charge in [-0.05, 0) is 36.4 Å². The van der Waals surface area contributed by atoms with Crippen LogP contribution in [0, 0.1) is 23.5 Å². The van der Waals surface area contributed by atoms with Gasteiger partial charge in [0.1, 0.15) is 11.6 Å². The van der Waals surface area contributed by atoms with Gasteiger partial charge in [0.25, 0.3) is 0 Å². The van der Waals surface area contributed by atoms with Crippen molar-refractivity contribution in [1.82, 2.24) is 0 Å². The van der Waals surface area contributed by atoms with Crippen LogP contribution >= 0.6 is 0 Å². The molecule has 2 aromatic rings. The van der Waals surface area contributed by atoms with Crippen LogP contribution in [0.1, 0.15) is 21.5 Å². The Morgan fingerprint density at radius 1 is 0.947 bits per heavy atom. The fourth-order valence-corrected chi connectivity index (χ4v) is 1.45. The summed E-state index contributed by atoms with van der Waals surface area (Å²) < 4.78 is 26.6. The van der Waals surface area contributed by atoms with Crippen molar-refractivity contribution in [3.8, 4) is 11.8 Å². The number of aromatic carboxylic acids is 1. The van der Waals surface area contributed by atoms with Crippen LogP contribution < -0.4 is 0 Å². The van der Waals surface area contributed by atoms with Crippen LogP contribution in [-0.4, -0.2) is 11.1 Å². The minimum absolute atomic E-state index is 0.127. The van der Waals surface area contributed by atoms with E-state index >= 15 is 0 Å². The Hall–Kier alpha value is -2.67. The zero-order valence-electron chi connectivity index (χ0n) is 9.65. The Bertz CT molecular complexity index is 659. The second-order valence-electron chi connectivity index (χ2n) is 3.73. The summed E-state index contributed by atoms with van der Waals surface area (Å²) in [7, 11) is 0. The Morgan fingerprint density at radius 3 is 2.05 bits per heavy atom. The number of carboxylic acid groups (broad SMARTS) is 1. The maximum Gasteiger partial charge on any atom is 0.335 e. The zero-order valence-corrected chi connectivity index (χ0v) is 9.65. The first kappa shape index (κ1) is 12.8. The van der Waals surface area contributed by atoms with E-state index in [1.54, 1.807) is 0 Å². The van der Waals surface area contributed by atoms with Crippen molar-refractivity contribution in [2.45, 2.75) is 0 Å². The van der Waals surface area contributed by atoms with Crippen molar-refractivity contribution in [2.24, 2.45) is 0 Å². The highest BCUT2D eigenvalue weighted by molar-refractivity contribution is 5.87. The summed E-state index contributed by atoms with van der Waals surface area (Å²) in [4.78, 5) is 10.6. The molecule has 0 saturated heterocycles. The van der Waals surface area contributed by atoms with E-state index in [2.05, 4.69) is 11.8 Å². The minimum Gasteiger partial charge on any atom is -0.478 e. The monoisotopic (exact) mass is 258 g/mol. The van der Waals surface area contributed by atoms with Crippen LogP contribution in [0.3, 0.4) is 0 Å². The number of carboxylic acids is 1. The number of hydrogen-bond acceptors (Lipinski definition) is 1. The number of benzene rings is 2. The Labute approximate surface area is 108 Å². The van der Waals surface area contributed by atoms with Crippen molar-refractivity contribution >= 4 is 5.97 Å². The predicted molar refractivity (Wildman–Crippen MR) is 65.7 cm³/mol. The van der Waals surface area contributed by atoms with E-state index in [0.29, 0.717) is 5.56 Å². The van der Waals surface area contributed by atoms with Crippen LogP contribution in [0.2, 0.25) is 0 Å². The summed E-state index contributed by atoms with van der Waals surface area (Å²) in [5, 5.41) is 8.72. The molecule has 94 valence electrons. The summed E-state index contributed by atoms with van der Waals surface area (Å²) in [6, 6.07) is 9.23. The molecule has 19 heavy (non-hydrogen) atoms. The topological polar surface area (TPSA) is 37.3 Å². The molecule has 0 aromatic heterocycles. The smallest absolute Gasteiger partial charge is 0.335 e. The van der Waals surface area contributed by atoms with E-state index in [-0.39, 0.29) is 11.1 Å². The van der Waals surface area contributed by atoms with Gasteiger partial charge in [0.2, 0.25) is 0 Å². The molecule has 2 rings (SSSR count).